The van der Waals surface area contributed by atoms with Gasteiger partial charge in [0.25, 0.3) is 0 Å². The fourth-order valence-corrected chi connectivity index (χ4v) is 1.70. The minimum Gasteiger partial charge on any atom is -0.491 e. The van der Waals surface area contributed by atoms with E-state index in [0.717, 1.165) is 0 Å². The summed E-state index contributed by atoms with van der Waals surface area (Å²) in [5.41, 5.74) is 0. The van der Waals surface area contributed by atoms with Crippen molar-refractivity contribution in [2.45, 2.75) is 31.5 Å². The molecule has 0 aliphatic carbocycles. The van der Waals surface area contributed by atoms with Crippen molar-refractivity contribution in [3.8, 4) is 11.5 Å². The molecule has 0 heterocycles. The van der Waals surface area contributed by atoms with Gasteiger partial charge in [0, 0.05) is 11.0 Å². The van der Waals surface area contributed by atoms with Crippen molar-refractivity contribution < 1.29 is 18.3 Å². The molecule has 90 valence electrons. The predicted octanol–water partition coefficient (Wildman–Crippen LogP) is 3.80. The van der Waals surface area contributed by atoms with Crippen LogP contribution in [0.3, 0.4) is 0 Å². The Bertz CT molecular complexity index is 343. The third kappa shape index (κ3) is 3.89. The summed E-state index contributed by atoms with van der Waals surface area (Å²) in [4.78, 5) is 0.663. The lowest BCUT2D eigenvalue weighted by Gasteiger charge is -2.13. The van der Waals surface area contributed by atoms with Crippen LogP contribution in [0.5, 0.6) is 11.5 Å². The monoisotopic (exact) mass is 248 g/mol. The molecule has 0 radical (unpaired) electrons. The van der Waals surface area contributed by atoms with Crippen LogP contribution >= 0.6 is 11.8 Å². The van der Waals surface area contributed by atoms with Crippen LogP contribution in [0.15, 0.2) is 23.1 Å². The largest absolute Gasteiger partial charge is 0.491 e. The second-order valence-electron chi connectivity index (χ2n) is 3.36. The Balaban J connectivity index is 2.91. The third-order valence-electron chi connectivity index (χ3n) is 1.72. The molecule has 0 N–H and O–H groups in total. The van der Waals surface area contributed by atoms with Crippen LogP contribution in [-0.4, -0.2) is 19.0 Å². The molecular weight excluding hydrogens is 234 g/mol. The zero-order valence-corrected chi connectivity index (χ0v) is 10.2. The lowest BCUT2D eigenvalue weighted by atomic mass is 10.3. The van der Waals surface area contributed by atoms with Crippen molar-refractivity contribution in [3.05, 3.63) is 18.2 Å². The van der Waals surface area contributed by atoms with E-state index in [1.165, 1.54) is 17.8 Å². The summed E-state index contributed by atoms with van der Waals surface area (Å²) in [6.45, 7) is 0.923. The highest BCUT2D eigenvalue weighted by molar-refractivity contribution is 7.98. The Morgan fingerprint density at radius 1 is 1.19 bits per heavy atom. The van der Waals surface area contributed by atoms with Crippen molar-refractivity contribution in [2.24, 2.45) is 0 Å². The van der Waals surface area contributed by atoms with E-state index in [-0.39, 0.29) is 11.9 Å². The maximum atomic E-state index is 12.2. The first kappa shape index (κ1) is 13.1. The van der Waals surface area contributed by atoms with E-state index in [2.05, 4.69) is 4.74 Å². The number of thioether (sulfide) groups is 1. The van der Waals surface area contributed by atoms with Crippen LogP contribution < -0.4 is 9.47 Å². The van der Waals surface area contributed by atoms with E-state index in [4.69, 9.17) is 4.74 Å². The van der Waals surface area contributed by atoms with Gasteiger partial charge in [-0.2, -0.15) is 8.78 Å². The molecule has 1 aromatic rings. The molecule has 0 spiro atoms. The molecule has 0 atom stereocenters. The number of ether oxygens (including phenoxy) is 2. The number of hydrogen-bond donors (Lipinski definition) is 0. The first-order valence-electron chi connectivity index (χ1n) is 4.82. The van der Waals surface area contributed by atoms with Gasteiger partial charge in [0.05, 0.1) is 6.10 Å². The summed E-state index contributed by atoms with van der Waals surface area (Å²) in [7, 11) is 0. The number of hydrogen-bond acceptors (Lipinski definition) is 3. The Morgan fingerprint density at radius 3 is 2.38 bits per heavy atom. The summed E-state index contributed by atoms with van der Waals surface area (Å²) in [6.07, 6.45) is 1.80. The second-order valence-corrected chi connectivity index (χ2v) is 4.21. The second kappa shape index (κ2) is 5.94. The van der Waals surface area contributed by atoms with E-state index in [1.807, 2.05) is 13.8 Å². The maximum Gasteiger partial charge on any atom is 0.387 e. The quantitative estimate of drug-likeness (QED) is 0.738. The molecule has 0 saturated heterocycles. The highest BCUT2D eigenvalue weighted by Gasteiger charge is 2.11. The molecule has 1 rings (SSSR count). The number of rotatable bonds is 5. The molecule has 0 aliphatic rings. The minimum atomic E-state index is -2.82. The highest BCUT2D eigenvalue weighted by atomic mass is 32.2. The smallest absolute Gasteiger partial charge is 0.387 e. The molecule has 0 saturated carbocycles. The van der Waals surface area contributed by atoms with Crippen LogP contribution in [0.25, 0.3) is 0 Å². The van der Waals surface area contributed by atoms with Crippen molar-refractivity contribution in [3.63, 3.8) is 0 Å². The minimum absolute atomic E-state index is 0.000436. The molecule has 0 fully saturated rings. The average Bonchev–Trinajstić information content (AvgIpc) is 2.16. The lowest BCUT2D eigenvalue weighted by molar-refractivity contribution is -0.0517. The van der Waals surface area contributed by atoms with Crippen LogP contribution in [0.4, 0.5) is 8.78 Å². The van der Waals surface area contributed by atoms with E-state index < -0.39 is 6.61 Å². The molecule has 2 nitrogen and oxygen atoms in total. The van der Waals surface area contributed by atoms with Crippen molar-refractivity contribution >= 4 is 11.8 Å². The third-order valence-corrected chi connectivity index (χ3v) is 2.50. The maximum absolute atomic E-state index is 12.2. The average molecular weight is 248 g/mol. The first-order chi connectivity index (χ1) is 7.52. The fraction of sp³-hybridized carbons (Fsp3) is 0.455. The van der Waals surface area contributed by atoms with Gasteiger partial charge in [0.2, 0.25) is 0 Å². The van der Waals surface area contributed by atoms with Gasteiger partial charge >= 0.3 is 6.61 Å². The van der Waals surface area contributed by atoms with Gasteiger partial charge in [-0.1, -0.05) is 0 Å². The van der Waals surface area contributed by atoms with Gasteiger partial charge in [0.1, 0.15) is 11.5 Å². The summed E-state index contributed by atoms with van der Waals surface area (Å²) < 4.78 is 34.1. The molecule has 0 bridgehead atoms. The van der Waals surface area contributed by atoms with E-state index in [1.54, 1.807) is 18.4 Å². The molecule has 0 aliphatic heterocycles. The lowest BCUT2D eigenvalue weighted by Crippen LogP contribution is -2.07. The SMILES string of the molecule is CSc1ccc(OC(C)C)cc1OC(F)F. The summed E-state index contributed by atoms with van der Waals surface area (Å²) in [6, 6.07) is 4.93. The van der Waals surface area contributed by atoms with Gasteiger partial charge in [-0.25, -0.2) is 0 Å². The summed E-state index contributed by atoms with van der Waals surface area (Å²) in [5, 5.41) is 0. The number of alkyl halides is 2. The Morgan fingerprint density at radius 2 is 1.88 bits per heavy atom. The van der Waals surface area contributed by atoms with Gasteiger partial charge in [-0.3, -0.25) is 0 Å². The van der Waals surface area contributed by atoms with E-state index >= 15 is 0 Å². The van der Waals surface area contributed by atoms with E-state index in [9.17, 15) is 8.78 Å². The zero-order chi connectivity index (χ0) is 12.1. The van der Waals surface area contributed by atoms with Crippen LogP contribution in [0.1, 0.15) is 13.8 Å². The summed E-state index contributed by atoms with van der Waals surface area (Å²) >= 11 is 1.35. The van der Waals surface area contributed by atoms with Crippen molar-refractivity contribution in [2.75, 3.05) is 6.26 Å². The molecule has 0 aromatic heterocycles. The molecule has 0 unspecified atom stereocenters. The molecule has 16 heavy (non-hydrogen) atoms. The van der Waals surface area contributed by atoms with Crippen molar-refractivity contribution in [1.29, 1.82) is 0 Å². The first-order valence-corrected chi connectivity index (χ1v) is 6.05. The molecule has 1 aromatic carbocycles. The fourth-order valence-electron chi connectivity index (χ4n) is 1.19. The van der Waals surface area contributed by atoms with Gasteiger partial charge < -0.3 is 9.47 Å². The van der Waals surface area contributed by atoms with Crippen LogP contribution in [-0.2, 0) is 0 Å². The van der Waals surface area contributed by atoms with Gasteiger partial charge in [-0.15, -0.1) is 11.8 Å². The number of benzene rings is 1. The van der Waals surface area contributed by atoms with Gasteiger partial charge in [-0.05, 0) is 32.2 Å². The topological polar surface area (TPSA) is 18.5 Å². The normalized spacial score (nSPS) is 10.9. The molecule has 5 heteroatoms. The van der Waals surface area contributed by atoms with Crippen molar-refractivity contribution in [1.82, 2.24) is 0 Å². The zero-order valence-electron chi connectivity index (χ0n) is 9.37. The standard InChI is InChI=1S/C11H14F2O2S/c1-7(2)14-8-4-5-10(16-3)9(6-8)15-11(12)13/h4-7,11H,1-3H3. The highest BCUT2D eigenvalue weighted by Crippen LogP contribution is 2.32. The Kier molecular flexibility index (Phi) is 4.86. The van der Waals surface area contributed by atoms with E-state index in [0.29, 0.717) is 10.6 Å². The van der Waals surface area contributed by atoms with Crippen LogP contribution in [0, 0.1) is 0 Å². The van der Waals surface area contributed by atoms with Gasteiger partial charge in [0.15, 0.2) is 0 Å². The number of halogens is 2. The molecular formula is C11H14F2O2S. The Labute approximate surface area is 97.9 Å². The molecule has 0 amide bonds. The summed E-state index contributed by atoms with van der Waals surface area (Å²) in [5.74, 6) is 0.684. The predicted molar refractivity (Wildman–Crippen MR) is 60.6 cm³/mol. The van der Waals surface area contributed by atoms with Crippen LogP contribution in [0.2, 0.25) is 0 Å². The Hall–Kier alpha value is -0.970.